The van der Waals surface area contributed by atoms with Gasteiger partial charge in [-0.05, 0) is 36.8 Å². The van der Waals surface area contributed by atoms with E-state index in [1.165, 1.54) is 11.4 Å². The van der Waals surface area contributed by atoms with Gasteiger partial charge in [0.25, 0.3) is 0 Å². The maximum Gasteiger partial charge on any atom is 0.191 e. The highest BCUT2D eigenvalue weighted by Crippen LogP contribution is 2.23. The molecule has 0 bridgehead atoms. The average molecular weight is 346 g/mol. The Kier molecular flexibility index (Phi) is 5.30. The molecule has 1 atom stereocenters. The van der Waals surface area contributed by atoms with Gasteiger partial charge in [0.05, 0.1) is 6.54 Å². The molecule has 2 heterocycles. The number of halogens is 1. The van der Waals surface area contributed by atoms with Gasteiger partial charge in [0.1, 0.15) is 0 Å². The van der Waals surface area contributed by atoms with E-state index in [2.05, 4.69) is 37.2 Å². The summed E-state index contributed by atoms with van der Waals surface area (Å²) < 4.78 is 2.11. The van der Waals surface area contributed by atoms with Gasteiger partial charge in [0.15, 0.2) is 5.96 Å². The Bertz CT molecular complexity index is 709. The quantitative estimate of drug-likeness (QED) is 0.661. The first-order valence-corrected chi connectivity index (χ1v) is 8.61. The molecular weight excluding hydrogens is 322 g/mol. The predicted molar refractivity (Wildman–Crippen MR) is 101 cm³/mol. The van der Waals surface area contributed by atoms with Crippen LogP contribution in [0.2, 0.25) is 5.02 Å². The fourth-order valence-corrected chi connectivity index (χ4v) is 3.21. The zero-order valence-electron chi connectivity index (χ0n) is 14.2. The van der Waals surface area contributed by atoms with Crippen molar-refractivity contribution in [3.63, 3.8) is 0 Å². The monoisotopic (exact) mass is 345 g/mol. The van der Waals surface area contributed by atoms with Crippen molar-refractivity contribution < 1.29 is 0 Å². The first-order chi connectivity index (χ1) is 11.7. The number of hydrogen-bond donors (Lipinski definition) is 2. The van der Waals surface area contributed by atoms with Crippen molar-refractivity contribution in [3.8, 4) is 0 Å². The van der Waals surface area contributed by atoms with Gasteiger partial charge in [-0.15, -0.1) is 0 Å². The predicted octanol–water partition coefficient (Wildman–Crippen LogP) is 2.62. The topological polar surface area (TPSA) is 44.6 Å². The van der Waals surface area contributed by atoms with Crippen LogP contribution in [0.4, 0.5) is 5.69 Å². The highest BCUT2D eigenvalue weighted by atomic mass is 35.5. The molecule has 1 aromatic carbocycles. The van der Waals surface area contributed by atoms with Crippen molar-refractivity contribution in [1.29, 1.82) is 0 Å². The van der Waals surface area contributed by atoms with E-state index in [-0.39, 0.29) is 0 Å². The maximum absolute atomic E-state index is 6.10. The minimum atomic E-state index is 0.378. The number of nitrogens with one attached hydrogen (secondary N) is 2. The van der Waals surface area contributed by atoms with E-state index in [9.17, 15) is 0 Å². The molecule has 1 fully saturated rings. The molecule has 0 saturated carbocycles. The summed E-state index contributed by atoms with van der Waals surface area (Å²) in [7, 11) is 3.86. The van der Waals surface area contributed by atoms with Crippen molar-refractivity contribution in [1.82, 2.24) is 15.2 Å². The summed E-state index contributed by atoms with van der Waals surface area (Å²) in [5.41, 5.74) is 2.41. The molecule has 128 valence electrons. The molecule has 0 amide bonds. The third-order valence-corrected chi connectivity index (χ3v) is 4.65. The molecular formula is C18H24ClN5. The second kappa shape index (κ2) is 7.62. The van der Waals surface area contributed by atoms with E-state index >= 15 is 0 Å². The number of rotatable bonds is 4. The van der Waals surface area contributed by atoms with Crippen LogP contribution >= 0.6 is 11.6 Å². The van der Waals surface area contributed by atoms with Crippen LogP contribution in [0, 0.1) is 0 Å². The first-order valence-electron chi connectivity index (χ1n) is 8.23. The Hall–Kier alpha value is -2.14. The van der Waals surface area contributed by atoms with Crippen LogP contribution in [0.25, 0.3) is 0 Å². The summed E-state index contributed by atoms with van der Waals surface area (Å²) in [6.07, 6.45) is 3.13. The Morgan fingerprint density at radius 2 is 2.21 bits per heavy atom. The fourth-order valence-electron chi connectivity index (χ4n) is 3.03. The molecule has 0 radical (unpaired) electrons. The smallest absolute Gasteiger partial charge is 0.191 e. The van der Waals surface area contributed by atoms with Crippen molar-refractivity contribution in [2.75, 3.05) is 25.0 Å². The van der Waals surface area contributed by atoms with E-state index in [1.54, 1.807) is 0 Å². The van der Waals surface area contributed by atoms with Gasteiger partial charge < -0.3 is 20.1 Å². The molecule has 3 rings (SSSR count). The van der Waals surface area contributed by atoms with Crippen LogP contribution in [0.3, 0.4) is 0 Å². The van der Waals surface area contributed by atoms with E-state index in [0.717, 1.165) is 37.0 Å². The molecule has 2 aromatic rings. The Morgan fingerprint density at radius 1 is 1.33 bits per heavy atom. The number of guanidine groups is 1. The molecule has 1 aliphatic heterocycles. The Balaban J connectivity index is 1.53. The van der Waals surface area contributed by atoms with Crippen molar-refractivity contribution in [2.45, 2.75) is 19.0 Å². The number of aromatic nitrogens is 1. The third-order valence-electron chi connectivity index (χ3n) is 4.41. The van der Waals surface area contributed by atoms with Gasteiger partial charge in [-0.1, -0.05) is 17.7 Å². The minimum absolute atomic E-state index is 0.378. The summed E-state index contributed by atoms with van der Waals surface area (Å²) in [4.78, 5) is 6.69. The van der Waals surface area contributed by atoms with Crippen LogP contribution in [-0.4, -0.2) is 36.7 Å². The number of hydrogen-bond acceptors (Lipinski definition) is 2. The highest BCUT2D eigenvalue weighted by molar-refractivity contribution is 6.30. The van der Waals surface area contributed by atoms with Gasteiger partial charge in [-0.3, -0.25) is 4.99 Å². The lowest BCUT2D eigenvalue weighted by molar-refractivity contribution is 0.644. The molecule has 1 aromatic heterocycles. The number of benzene rings is 1. The average Bonchev–Trinajstić information content (AvgIpc) is 3.20. The second-order valence-electron chi connectivity index (χ2n) is 6.09. The van der Waals surface area contributed by atoms with Crippen molar-refractivity contribution in [3.05, 3.63) is 53.3 Å². The van der Waals surface area contributed by atoms with Crippen LogP contribution < -0.4 is 15.5 Å². The van der Waals surface area contributed by atoms with Crippen LogP contribution in [0.5, 0.6) is 0 Å². The lowest BCUT2D eigenvalue weighted by Crippen LogP contribution is -2.44. The molecule has 1 aliphatic rings. The van der Waals surface area contributed by atoms with Crippen LogP contribution in [-0.2, 0) is 13.6 Å². The normalized spacial score (nSPS) is 18.0. The second-order valence-corrected chi connectivity index (χ2v) is 6.53. The zero-order chi connectivity index (χ0) is 16.9. The molecule has 0 spiro atoms. The Morgan fingerprint density at radius 3 is 2.92 bits per heavy atom. The largest absolute Gasteiger partial charge is 0.369 e. The first kappa shape index (κ1) is 16.7. The maximum atomic E-state index is 6.10. The minimum Gasteiger partial charge on any atom is -0.369 e. The van der Waals surface area contributed by atoms with Crippen LogP contribution in [0.15, 0.2) is 47.6 Å². The lowest BCUT2D eigenvalue weighted by atomic mass is 10.2. The fraction of sp³-hybridized carbons (Fsp3) is 0.389. The molecule has 1 saturated heterocycles. The standard InChI is InChI=1S/C18H24ClN5/c1-20-18(21-12-17-7-4-9-23(17)2)22-15-8-10-24(13-15)16-6-3-5-14(19)11-16/h3-7,9,11,15H,8,10,12-13H2,1-2H3,(H2,20,21,22). The van der Waals surface area contributed by atoms with E-state index < -0.39 is 0 Å². The van der Waals surface area contributed by atoms with Gasteiger partial charge in [0.2, 0.25) is 0 Å². The number of nitrogens with zero attached hydrogens (tertiary/aromatic N) is 3. The summed E-state index contributed by atoms with van der Waals surface area (Å²) in [5, 5.41) is 7.68. The molecule has 1 unspecified atom stereocenters. The van der Waals surface area contributed by atoms with Gasteiger partial charge >= 0.3 is 0 Å². The number of aliphatic imine (C=N–C) groups is 1. The van der Waals surface area contributed by atoms with Crippen molar-refractivity contribution in [2.24, 2.45) is 12.0 Å². The third kappa shape index (κ3) is 4.03. The van der Waals surface area contributed by atoms with E-state index in [1.807, 2.05) is 44.6 Å². The molecule has 0 aliphatic carbocycles. The summed E-state index contributed by atoms with van der Waals surface area (Å²) in [5.74, 6) is 0.842. The van der Waals surface area contributed by atoms with Crippen LogP contribution in [0.1, 0.15) is 12.1 Å². The molecule has 24 heavy (non-hydrogen) atoms. The number of anilines is 1. The van der Waals surface area contributed by atoms with E-state index in [0.29, 0.717) is 6.04 Å². The summed E-state index contributed by atoms with van der Waals surface area (Å²) in [6, 6.07) is 12.6. The van der Waals surface area contributed by atoms with Gasteiger partial charge in [-0.25, -0.2) is 0 Å². The van der Waals surface area contributed by atoms with E-state index in [4.69, 9.17) is 11.6 Å². The molecule has 6 heteroatoms. The number of aryl methyl sites for hydroxylation is 1. The SMILES string of the molecule is CN=C(NCc1cccn1C)NC1CCN(c2cccc(Cl)c2)C1. The summed E-state index contributed by atoms with van der Waals surface area (Å²) >= 11 is 6.10. The van der Waals surface area contributed by atoms with Gasteiger partial charge in [-0.2, -0.15) is 0 Å². The lowest BCUT2D eigenvalue weighted by Gasteiger charge is -2.20. The molecule has 2 N–H and O–H groups in total. The van der Waals surface area contributed by atoms with Gasteiger partial charge in [0, 0.05) is 55.8 Å². The zero-order valence-corrected chi connectivity index (χ0v) is 14.9. The van der Waals surface area contributed by atoms with Crippen molar-refractivity contribution >= 4 is 23.2 Å². The Labute approximate surface area is 148 Å². The summed E-state index contributed by atoms with van der Waals surface area (Å²) in [6.45, 7) is 2.73. The highest BCUT2D eigenvalue weighted by Gasteiger charge is 2.23. The molecule has 5 nitrogen and oxygen atoms in total.